The summed E-state index contributed by atoms with van der Waals surface area (Å²) in [5.41, 5.74) is 0.740. The molecule has 7 nitrogen and oxygen atoms in total. The lowest BCUT2D eigenvalue weighted by atomic mass is 9.89. The molecule has 1 saturated heterocycles. The van der Waals surface area contributed by atoms with Gasteiger partial charge in [0.1, 0.15) is 22.8 Å². The summed E-state index contributed by atoms with van der Waals surface area (Å²) < 4.78 is 11.9. The SMILES string of the molecule is CC1(CCOc2ccc(CC3SC(=N)NC3=O)cc2)CC(=O)c2cc(O)ccc2O1. The predicted octanol–water partition coefficient (Wildman–Crippen LogP) is 3.29. The number of nitrogens with one attached hydrogen (secondary N) is 2. The molecular formula is C22H22N2O5S. The van der Waals surface area contributed by atoms with E-state index in [0.29, 0.717) is 36.5 Å². The fourth-order valence-corrected chi connectivity index (χ4v) is 4.46. The number of thioether (sulfide) groups is 1. The fraction of sp³-hybridized carbons (Fsp3) is 0.318. The average molecular weight is 426 g/mol. The van der Waals surface area contributed by atoms with Crippen LogP contribution in [0.15, 0.2) is 42.5 Å². The van der Waals surface area contributed by atoms with Gasteiger partial charge in [-0.05, 0) is 49.2 Å². The van der Waals surface area contributed by atoms with Gasteiger partial charge in [0.05, 0.1) is 23.8 Å². The number of carbonyl (C=O) groups excluding carboxylic acids is 2. The van der Waals surface area contributed by atoms with Crippen LogP contribution in [0.25, 0.3) is 0 Å². The van der Waals surface area contributed by atoms with Gasteiger partial charge in [-0.25, -0.2) is 0 Å². The highest BCUT2D eigenvalue weighted by molar-refractivity contribution is 8.15. The van der Waals surface area contributed by atoms with Gasteiger partial charge >= 0.3 is 0 Å². The molecule has 0 bridgehead atoms. The minimum atomic E-state index is -0.668. The molecule has 4 rings (SSSR count). The summed E-state index contributed by atoms with van der Waals surface area (Å²) in [6.07, 6.45) is 1.31. The van der Waals surface area contributed by atoms with E-state index in [4.69, 9.17) is 14.9 Å². The van der Waals surface area contributed by atoms with Crippen molar-refractivity contribution in [2.45, 2.75) is 37.0 Å². The van der Waals surface area contributed by atoms with E-state index in [2.05, 4.69) is 5.32 Å². The van der Waals surface area contributed by atoms with Gasteiger partial charge in [0.15, 0.2) is 11.0 Å². The first-order chi connectivity index (χ1) is 14.3. The molecule has 2 heterocycles. The van der Waals surface area contributed by atoms with Crippen LogP contribution in [0.1, 0.15) is 35.7 Å². The van der Waals surface area contributed by atoms with Crippen molar-refractivity contribution in [1.29, 1.82) is 5.41 Å². The first-order valence-corrected chi connectivity index (χ1v) is 10.5. The Kier molecular flexibility index (Phi) is 5.42. The van der Waals surface area contributed by atoms with Gasteiger partial charge in [0.2, 0.25) is 5.91 Å². The summed E-state index contributed by atoms with van der Waals surface area (Å²) in [4.78, 5) is 24.2. The van der Waals surface area contributed by atoms with E-state index in [0.717, 1.165) is 5.56 Å². The Balaban J connectivity index is 1.31. The second-order valence-corrected chi connectivity index (χ2v) is 8.92. The predicted molar refractivity (Wildman–Crippen MR) is 114 cm³/mol. The number of amidine groups is 1. The van der Waals surface area contributed by atoms with Crippen LogP contribution in [0, 0.1) is 5.41 Å². The third kappa shape index (κ3) is 4.43. The smallest absolute Gasteiger partial charge is 0.239 e. The highest BCUT2D eigenvalue weighted by Gasteiger charge is 2.36. The molecule has 0 spiro atoms. The van der Waals surface area contributed by atoms with Gasteiger partial charge < -0.3 is 19.9 Å². The lowest BCUT2D eigenvalue weighted by Crippen LogP contribution is -2.40. The minimum Gasteiger partial charge on any atom is -0.508 e. The molecule has 0 saturated carbocycles. The lowest BCUT2D eigenvalue weighted by molar-refractivity contribution is -0.118. The second-order valence-electron chi connectivity index (χ2n) is 7.70. The zero-order chi connectivity index (χ0) is 21.3. The standard InChI is InChI=1S/C22H22N2O5S/c1-22(12-17(26)16-11-14(25)4-7-18(16)29-22)8-9-28-15-5-2-13(3-6-15)10-19-20(27)24-21(23)30-19/h2-7,11,19,25H,8-10,12H2,1H3,(H2,23,24,27). The Hall–Kier alpha value is -3.00. The first-order valence-electron chi connectivity index (χ1n) is 9.64. The number of amides is 1. The molecule has 2 atom stereocenters. The minimum absolute atomic E-state index is 0.0477. The highest BCUT2D eigenvalue weighted by atomic mass is 32.2. The first kappa shape index (κ1) is 20.3. The van der Waals surface area contributed by atoms with Crippen molar-refractivity contribution < 1.29 is 24.2 Å². The van der Waals surface area contributed by atoms with Crippen molar-refractivity contribution in [3.8, 4) is 17.2 Å². The molecule has 0 aliphatic carbocycles. The van der Waals surface area contributed by atoms with Gasteiger partial charge in [0.25, 0.3) is 0 Å². The molecule has 1 fully saturated rings. The molecule has 0 aromatic heterocycles. The van der Waals surface area contributed by atoms with Crippen molar-refractivity contribution in [2.75, 3.05) is 6.61 Å². The number of phenols is 1. The summed E-state index contributed by atoms with van der Waals surface area (Å²) in [6, 6.07) is 12.1. The Bertz CT molecular complexity index is 1010. The van der Waals surface area contributed by atoms with Crippen LogP contribution in [-0.2, 0) is 11.2 Å². The van der Waals surface area contributed by atoms with Gasteiger partial charge in [-0.2, -0.15) is 0 Å². The van der Waals surface area contributed by atoms with Gasteiger partial charge in [0, 0.05) is 6.42 Å². The lowest BCUT2D eigenvalue weighted by Gasteiger charge is -2.34. The molecule has 30 heavy (non-hydrogen) atoms. The van der Waals surface area contributed by atoms with E-state index >= 15 is 0 Å². The molecule has 2 aliphatic rings. The number of fused-ring (bicyclic) bond motifs is 1. The summed E-state index contributed by atoms with van der Waals surface area (Å²) >= 11 is 1.23. The zero-order valence-electron chi connectivity index (χ0n) is 16.4. The van der Waals surface area contributed by atoms with E-state index in [1.807, 2.05) is 31.2 Å². The van der Waals surface area contributed by atoms with Crippen LogP contribution < -0.4 is 14.8 Å². The van der Waals surface area contributed by atoms with Crippen molar-refractivity contribution in [2.24, 2.45) is 0 Å². The fourth-order valence-electron chi connectivity index (χ4n) is 3.57. The number of hydrogen-bond acceptors (Lipinski definition) is 7. The molecule has 2 aromatic carbocycles. The van der Waals surface area contributed by atoms with Crippen molar-refractivity contribution in [3.05, 3.63) is 53.6 Å². The topological polar surface area (TPSA) is 109 Å². The Morgan fingerprint density at radius 2 is 2.03 bits per heavy atom. The highest BCUT2D eigenvalue weighted by Crippen LogP contribution is 2.36. The molecular weight excluding hydrogens is 404 g/mol. The zero-order valence-corrected chi connectivity index (χ0v) is 17.3. The van der Waals surface area contributed by atoms with Crippen LogP contribution in [0.2, 0.25) is 0 Å². The van der Waals surface area contributed by atoms with Crippen molar-refractivity contribution >= 4 is 28.6 Å². The molecule has 2 aliphatic heterocycles. The van der Waals surface area contributed by atoms with Gasteiger partial charge in [-0.1, -0.05) is 23.9 Å². The summed E-state index contributed by atoms with van der Waals surface area (Å²) in [5.74, 6) is 1.05. The van der Waals surface area contributed by atoms with Crippen molar-refractivity contribution in [3.63, 3.8) is 0 Å². The largest absolute Gasteiger partial charge is 0.508 e. The molecule has 1 amide bonds. The van der Waals surface area contributed by atoms with E-state index in [9.17, 15) is 14.7 Å². The van der Waals surface area contributed by atoms with Crippen LogP contribution in [0.4, 0.5) is 0 Å². The summed E-state index contributed by atoms with van der Waals surface area (Å²) in [5, 5.41) is 19.5. The quantitative estimate of drug-likeness (QED) is 0.654. The number of phenolic OH excluding ortho intramolecular Hbond substituents is 1. The number of benzene rings is 2. The normalized spacial score (nSPS) is 23.0. The van der Waals surface area contributed by atoms with E-state index in [-0.39, 0.29) is 34.3 Å². The number of Topliss-reactive ketones (excluding diaryl/α,β-unsaturated/α-hetero) is 1. The maximum Gasteiger partial charge on any atom is 0.239 e. The monoisotopic (exact) mass is 426 g/mol. The number of hydrogen-bond donors (Lipinski definition) is 3. The maximum atomic E-state index is 12.4. The van der Waals surface area contributed by atoms with Crippen molar-refractivity contribution in [1.82, 2.24) is 5.32 Å². The average Bonchev–Trinajstić information content (AvgIpc) is 3.00. The number of aromatic hydroxyl groups is 1. The van der Waals surface area contributed by atoms with Crippen LogP contribution in [-0.4, -0.2) is 39.4 Å². The molecule has 2 aromatic rings. The Morgan fingerprint density at radius 3 is 2.73 bits per heavy atom. The molecule has 3 N–H and O–H groups in total. The maximum absolute atomic E-state index is 12.4. The van der Waals surface area contributed by atoms with E-state index in [1.54, 1.807) is 6.07 Å². The van der Waals surface area contributed by atoms with Gasteiger partial charge in [-0.15, -0.1) is 0 Å². The number of rotatable bonds is 6. The Morgan fingerprint density at radius 1 is 1.27 bits per heavy atom. The summed E-state index contributed by atoms with van der Waals surface area (Å²) in [7, 11) is 0. The number of ketones is 1. The summed E-state index contributed by atoms with van der Waals surface area (Å²) in [6.45, 7) is 2.27. The Labute approximate surface area is 178 Å². The third-order valence-electron chi connectivity index (χ3n) is 5.19. The van der Waals surface area contributed by atoms with E-state index < -0.39 is 5.60 Å². The van der Waals surface area contributed by atoms with Gasteiger partial charge in [-0.3, -0.25) is 15.0 Å². The number of carbonyl (C=O) groups is 2. The van der Waals surface area contributed by atoms with Crippen LogP contribution >= 0.6 is 11.8 Å². The second kappa shape index (κ2) is 8.02. The van der Waals surface area contributed by atoms with Crippen LogP contribution in [0.5, 0.6) is 17.2 Å². The van der Waals surface area contributed by atoms with E-state index in [1.165, 1.54) is 23.9 Å². The van der Waals surface area contributed by atoms with Crippen LogP contribution in [0.3, 0.4) is 0 Å². The molecule has 0 radical (unpaired) electrons. The molecule has 2 unspecified atom stereocenters. The molecule has 8 heteroatoms. The third-order valence-corrected chi connectivity index (χ3v) is 6.19. The number of ether oxygens (including phenoxy) is 2. The molecule has 156 valence electrons.